The highest BCUT2D eigenvalue weighted by molar-refractivity contribution is 5.54. The van der Waals surface area contributed by atoms with Crippen molar-refractivity contribution in [3.8, 4) is 0 Å². The van der Waals surface area contributed by atoms with Crippen LogP contribution < -0.4 is 5.32 Å². The van der Waals surface area contributed by atoms with Crippen LogP contribution in [0, 0.1) is 12.7 Å². The van der Waals surface area contributed by atoms with Gasteiger partial charge in [0, 0.05) is 24.6 Å². The first kappa shape index (κ1) is 10.7. The Morgan fingerprint density at radius 2 is 2.19 bits per heavy atom. The fraction of sp³-hybridized carbons (Fsp3) is 0.250. The van der Waals surface area contributed by atoms with E-state index in [0.29, 0.717) is 0 Å². The third kappa shape index (κ3) is 2.21. The van der Waals surface area contributed by atoms with Gasteiger partial charge in [-0.3, -0.25) is 0 Å². The lowest BCUT2D eigenvalue weighted by Gasteiger charge is -2.08. The molecule has 3 nitrogen and oxygen atoms in total. The Bertz CT molecular complexity index is 471. The second kappa shape index (κ2) is 4.35. The molecule has 0 bridgehead atoms. The van der Waals surface area contributed by atoms with Crippen molar-refractivity contribution in [2.75, 3.05) is 5.32 Å². The number of benzene rings is 1. The van der Waals surface area contributed by atoms with Crippen molar-refractivity contribution in [1.29, 1.82) is 0 Å². The van der Waals surface area contributed by atoms with Crippen LogP contribution in [0.1, 0.15) is 12.5 Å². The first-order valence-corrected chi connectivity index (χ1v) is 5.24. The lowest BCUT2D eigenvalue weighted by atomic mass is 10.2. The van der Waals surface area contributed by atoms with Gasteiger partial charge in [-0.15, -0.1) is 0 Å². The van der Waals surface area contributed by atoms with Gasteiger partial charge in [-0.2, -0.15) is 0 Å². The molecule has 0 unspecified atom stereocenters. The number of anilines is 2. The van der Waals surface area contributed by atoms with Gasteiger partial charge >= 0.3 is 0 Å². The molecular weight excluding hydrogens is 205 g/mol. The van der Waals surface area contributed by atoms with Crippen LogP contribution >= 0.6 is 0 Å². The second-order valence-corrected chi connectivity index (χ2v) is 3.68. The van der Waals surface area contributed by atoms with Crippen LogP contribution in [0.5, 0.6) is 0 Å². The largest absolute Gasteiger partial charge is 0.326 e. The Kier molecular flexibility index (Phi) is 2.90. The van der Waals surface area contributed by atoms with Crippen molar-refractivity contribution >= 4 is 11.6 Å². The molecule has 1 aromatic heterocycles. The second-order valence-electron chi connectivity index (χ2n) is 3.68. The third-order valence-corrected chi connectivity index (χ3v) is 2.35. The normalized spacial score (nSPS) is 10.4. The summed E-state index contributed by atoms with van der Waals surface area (Å²) >= 11 is 0. The van der Waals surface area contributed by atoms with Gasteiger partial charge in [0.2, 0.25) is 5.95 Å². The fourth-order valence-electron chi connectivity index (χ4n) is 1.63. The fourth-order valence-corrected chi connectivity index (χ4v) is 1.63. The maximum atomic E-state index is 13.2. The van der Waals surface area contributed by atoms with Crippen LogP contribution in [0.25, 0.3) is 0 Å². The molecule has 4 heteroatoms. The molecule has 0 saturated heterocycles. The molecule has 1 heterocycles. The van der Waals surface area contributed by atoms with E-state index in [0.717, 1.165) is 23.7 Å². The maximum absolute atomic E-state index is 13.2. The van der Waals surface area contributed by atoms with Gasteiger partial charge in [0.05, 0.1) is 0 Å². The molecule has 0 aliphatic heterocycles. The third-order valence-electron chi connectivity index (χ3n) is 2.35. The molecule has 0 spiro atoms. The zero-order chi connectivity index (χ0) is 11.5. The minimum Gasteiger partial charge on any atom is -0.326 e. The first-order chi connectivity index (χ1) is 7.69. The lowest BCUT2D eigenvalue weighted by Crippen LogP contribution is -2.01. The number of imidazole rings is 1. The van der Waals surface area contributed by atoms with Gasteiger partial charge in [0.25, 0.3) is 0 Å². The van der Waals surface area contributed by atoms with E-state index in [1.165, 1.54) is 12.1 Å². The Balaban J connectivity index is 2.26. The van der Waals surface area contributed by atoms with Gasteiger partial charge in [-0.05, 0) is 37.6 Å². The SMILES string of the molecule is CCn1ccnc1Nc1cc(C)cc(F)c1. The van der Waals surface area contributed by atoms with Crippen molar-refractivity contribution in [3.05, 3.63) is 42.0 Å². The summed E-state index contributed by atoms with van der Waals surface area (Å²) in [5.41, 5.74) is 1.61. The van der Waals surface area contributed by atoms with Crippen LogP contribution in [-0.2, 0) is 6.54 Å². The molecule has 1 N–H and O–H groups in total. The van der Waals surface area contributed by atoms with E-state index in [1.54, 1.807) is 6.20 Å². The number of hydrogen-bond acceptors (Lipinski definition) is 2. The molecule has 84 valence electrons. The highest BCUT2D eigenvalue weighted by Gasteiger charge is 2.03. The van der Waals surface area contributed by atoms with E-state index in [9.17, 15) is 4.39 Å². The van der Waals surface area contributed by atoms with Gasteiger partial charge in [-0.1, -0.05) is 0 Å². The van der Waals surface area contributed by atoms with Crippen LogP contribution in [0.4, 0.5) is 16.0 Å². The Morgan fingerprint density at radius 1 is 1.38 bits per heavy atom. The summed E-state index contributed by atoms with van der Waals surface area (Å²) in [4.78, 5) is 4.17. The molecule has 0 radical (unpaired) electrons. The summed E-state index contributed by atoms with van der Waals surface area (Å²) in [7, 11) is 0. The molecule has 0 saturated carbocycles. The summed E-state index contributed by atoms with van der Waals surface area (Å²) in [6.45, 7) is 4.72. The number of nitrogens with one attached hydrogen (secondary N) is 1. The number of rotatable bonds is 3. The van der Waals surface area contributed by atoms with Crippen molar-refractivity contribution < 1.29 is 4.39 Å². The van der Waals surface area contributed by atoms with E-state index in [-0.39, 0.29) is 5.82 Å². The standard InChI is InChI=1S/C12H14FN3/c1-3-16-5-4-14-12(16)15-11-7-9(2)6-10(13)8-11/h4-8H,3H2,1-2H3,(H,14,15). The van der Waals surface area contributed by atoms with E-state index in [2.05, 4.69) is 10.3 Å². The van der Waals surface area contributed by atoms with Crippen molar-refractivity contribution in [2.24, 2.45) is 0 Å². The van der Waals surface area contributed by atoms with Gasteiger partial charge < -0.3 is 9.88 Å². The van der Waals surface area contributed by atoms with Gasteiger partial charge in [0.15, 0.2) is 0 Å². The minimum atomic E-state index is -0.239. The summed E-state index contributed by atoms with van der Waals surface area (Å²) in [5, 5.41) is 3.10. The molecule has 0 atom stereocenters. The summed E-state index contributed by atoms with van der Waals surface area (Å²) in [6.07, 6.45) is 3.60. The zero-order valence-corrected chi connectivity index (χ0v) is 9.37. The average molecular weight is 219 g/mol. The van der Waals surface area contributed by atoms with E-state index < -0.39 is 0 Å². The van der Waals surface area contributed by atoms with Crippen LogP contribution in [-0.4, -0.2) is 9.55 Å². The maximum Gasteiger partial charge on any atom is 0.207 e. The van der Waals surface area contributed by atoms with Crippen molar-refractivity contribution in [3.63, 3.8) is 0 Å². The van der Waals surface area contributed by atoms with Gasteiger partial charge in [-0.25, -0.2) is 9.37 Å². The van der Waals surface area contributed by atoms with Gasteiger partial charge in [0.1, 0.15) is 5.82 Å². The molecule has 2 rings (SSSR count). The monoisotopic (exact) mass is 219 g/mol. The van der Waals surface area contributed by atoms with Crippen LogP contribution in [0.3, 0.4) is 0 Å². The molecule has 1 aromatic carbocycles. The Hall–Kier alpha value is -1.84. The van der Waals surface area contributed by atoms with E-state index in [1.807, 2.05) is 30.7 Å². The van der Waals surface area contributed by atoms with Crippen LogP contribution in [0.15, 0.2) is 30.6 Å². The molecule has 0 fully saturated rings. The zero-order valence-electron chi connectivity index (χ0n) is 9.37. The van der Waals surface area contributed by atoms with E-state index in [4.69, 9.17) is 0 Å². The van der Waals surface area contributed by atoms with Crippen molar-refractivity contribution in [2.45, 2.75) is 20.4 Å². The van der Waals surface area contributed by atoms with Crippen molar-refractivity contribution in [1.82, 2.24) is 9.55 Å². The smallest absolute Gasteiger partial charge is 0.207 e. The molecule has 16 heavy (non-hydrogen) atoms. The Labute approximate surface area is 93.9 Å². The Morgan fingerprint density at radius 3 is 2.88 bits per heavy atom. The quantitative estimate of drug-likeness (QED) is 0.859. The van der Waals surface area contributed by atoms with E-state index >= 15 is 0 Å². The molecule has 0 amide bonds. The van der Waals surface area contributed by atoms with Crippen LogP contribution in [0.2, 0.25) is 0 Å². The molecule has 0 aliphatic carbocycles. The number of aryl methyl sites for hydroxylation is 2. The lowest BCUT2D eigenvalue weighted by molar-refractivity contribution is 0.627. The number of nitrogens with zero attached hydrogens (tertiary/aromatic N) is 2. The predicted octanol–water partition coefficient (Wildman–Crippen LogP) is 3.09. The first-order valence-electron chi connectivity index (χ1n) is 5.24. The minimum absolute atomic E-state index is 0.239. The number of halogens is 1. The summed E-state index contributed by atoms with van der Waals surface area (Å²) in [5.74, 6) is 0.490. The highest BCUT2D eigenvalue weighted by atomic mass is 19.1. The molecule has 2 aromatic rings. The predicted molar refractivity (Wildman–Crippen MR) is 62.3 cm³/mol. The summed E-state index contributed by atoms with van der Waals surface area (Å²) < 4.78 is 15.1. The summed E-state index contributed by atoms with van der Waals surface area (Å²) in [6, 6.07) is 4.84. The number of hydrogen-bond donors (Lipinski definition) is 1. The molecular formula is C12H14FN3. The molecule has 0 aliphatic rings. The average Bonchev–Trinajstić information content (AvgIpc) is 2.63. The number of aromatic nitrogens is 2. The topological polar surface area (TPSA) is 29.9 Å². The highest BCUT2D eigenvalue weighted by Crippen LogP contribution is 2.17.